The van der Waals surface area contributed by atoms with Gasteiger partial charge in [-0.25, -0.2) is 0 Å². The zero-order chi connectivity index (χ0) is 12.3. The Morgan fingerprint density at radius 1 is 1.29 bits per heavy atom. The summed E-state index contributed by atoms with van der Waals surface area (Å²) < 4.78 is 5.27. The summed E-state index contributed by atoms with van der Waals surface area (Å²) in [5.41, 5.74) is 1.90. The summed E-state index contributed by atoms with van der Waals surface area (Å²) >= 11 is 0. The van der Waals surface area contributed by atoms with Crippen molar-refractivity contribution in [3.63, 3.8) is 0 Å². The van der Waals surface area contributed by atoms with Gasteiger partial charge >= 0.3 is 0 Å². The second-order valence-corrected chi connectivity index (χ2v) is 4.05. The van der Waals surface area contributed by atoms with Gasteiger partial charge in [-0.2, -0.15) is 4.98 Å². The van der Waals surface area contributed by atoms with E-state index >= 15 is 0 Å². The number of nitrogens with zero attached hydrogens (tertiary/aromatic N) is 3. The molecule has 5 nitrogen and oxygen atoms in total. The molecular formula is C12H16N4O. The van der Waals surface area contributed by atoms with E-state index < -0.39 is 0 Å². The van der Waals surface area contributed by atoms with Crippen LogP contribution in [0.25, 0.3) is 11.5 Å². The van der Waals surface area contributed by atoms with Crippen molar-refractivity contribution in [2.24, 2.45) is 0 Å². The van der Waals surface area contributed by atoms with Crippen LogP contribution >= 0.6 is 0 Å². The Hall–Kier alpha value is -1.88. The van der Waals surface area contributed by atoms with Crippen molar-refractivity contribution >= 4 is 5.69 Å². The van der Waals surface area contributed by atoms with E-state index in [9.17, 15) is 0 Å². The van der Waals surface area contributed by atoms with Crippen LogP contribution < -0.4 is 5.32 Å². The maximum atomic E-state index is 5.27. The highest BCUT2D eigenvalue weighted by Crippen LogP contribution is 2.25. The first kappa shape index (κ1) is 11.6. The standard InChI is InChI=1S/C12H16N4O/c1-13-10-7-5-4-6-9(10)12-14-11(15-17-12)8-16(2)3/h4-7,13H,8H2,1-3H3. The second kappa shape index (κ2) is 4.97. The lowest BCUT2D eigenvalue weighted by Gasteiger charge is -2.04. The van der Waals surface area contributed by atoms with Crippen molar-refractivity contribution in [1.82, 2.24) is 15.0 Å². The molecule has 1 aromatic heterocycles. The third kappa shape index (κ3) is 2.62. The number of benzene rings is 1. The molecule has 2 aromatic rings. The highest BCUT2D eigenvalue weighted by molar-refractivity contribution is 5.71. The fraction of sp³-hybridized carbons (Fsp3) is 0.333. The van der Waals surface area contributed by atoms with Crippen LogP contribution in [0.4, 0.5) is 5.69 Å². The molecule has 0 aliphatic carbocycles. The fourth-order valence-electron chi connectivity index (χ4n) is 1.60. The molecule has 1 heterocycles. The SMILES string of the molecule is CNc1ccccc1-c1nc(CN(C)C)no1. The monoisotopic (exact) mass is 232 g/mol. The molecule has 0 saturated carbocycles. The molecule has 0 fully saturated rings. The van der Waals surface area contributed by atoms with E-state index in [1.165, 1.54) is 0 Å². The fourth-order valence-corrected chi connectivity index (χ4v) is 1.60. The summed E-state index contributed by atoms with van der Waals surface area (Å²) in [4.78, 5) is 6.37. The zero-order valence-corrected chi connectivity index (χ0v) is 10.3. The number of hydrogen-bond acceptors (Lipinski definition) is 5. The van der Waals surface area contributed by atoms with E-state index in [1.807, 2.05) is 50.3 Å². The number of para-hydroxylation sites is 1. The lowest BCUT2D eigenvalue weighted by molar-refractivity contribution is 0.365. The molecule has 0 aliphatic rings. The van der Waals surface area contributed by atoms with Gasteiger partial charge in [0.05, 0.1) is 12.1 Å². The van der Waals surface area contributed by atoms with E-state index in [-0.39, 0.29) is 0 Å². The van der Waals surface area contributed by atoms with Gasteiger partial charge in [-0.15, -0.1) is 0 Å². The van der Waals surface area contributed by atoms with E-state index in [0.29, 0.717) is 18.3 Å². The lowest BCUT2D eigenvalue weighted by Crippen LogP contribution is -2.11. The van der Waals surface area contributed by atoms with Gasteiger partial charge in [0, 0.05) is 12.7 Å². The van der Waals surface area contributed by atoms with Gasteiger partial charge in [-0.1, -0.05) is 17.3 Å². The van der Waals surface area contributed by atoms with Gasteiger partial charge < -0.3 is 14.7 Å². The molecule has 5 heteroatoms. The molecule has 90 valence electrons. The highest BCUT2D eigenvalue weighted by atomic mass is 16.5. The van der Waals surface area contributed by atoms with Crippen LogP contribution in [0.1, 0.15) is 5.82 Å². The first-order chi connectivity index (χ1) is 8.20. The van der Waals surface area contributed by atoms with Crippen LogP contribution in [0.15, 0.2) is 28.8 Å². The molecule has 0 saturated heterocycles. The summed E-state index contributed by atoms with van der Waals surface area (Å²) in [5, 5.41) is 7.06. The van der Waals surface area contributed by atoms with E-state index in [0.717, 1.165) is 11.3 Å². The Balaban J connectivity index is 2.30. The minimum Gasteiger partial charge on any atom is -0.387 e. The molecule has 0 amide bonds. The molecule has 0 unspecified atom stereocenters. The van der Waals surface area contributed by atoms with Crippen LogP contribution in [0.3, 0.4) is 0 Å². The third-order valence-electron chi connectivity index (χ3n) is 2.35. The van der Waals surface area contributed by atoms with Crippen molar-refractivity contribution < 1.29 is 4.52 Å². The van der Waals surface area contributed by atoms with Crippen LogP contribution in [0.2, 0.25) is 0 Å². The Morgan fingerprint density at radius 2 is 2.06 bits per heavy atom. The molecule has 0 spiro atoms. The van der Waals surface area contributed by atoms with Crippen molar-refractivity contribution in [2.45, 2.75) is 6.54 Å². The summed E-state index contributed by atoms with van der Waals surface area (Å²) in [6, 6.07) is 7.85. The van der Waals surface area contributed by atoms with E-state index in [4.69, 9.17) is 4.52 Å². The average Bonchev–Trinajstić information content (AvgIpc) is 2.76. The number of aromatic nitrogens is 2. The summed E-state index contributed by atoms with van der Waals surface area (Å²) in [5.74, 6) is 1.24. The van der Waals surface area contributed by atoms with Gasteiger partial charge in [0.15, 0.2) is 5.82 Å². The maximum absolute atomic E-state index is 5.27. The normalized spacial score (nSPS) is 10.8. The molecule has 1 N–H and O–H groups in total. The second-order valence-electron chi connectivity index (χ2n) is 4.05. The first-order valence-corrected chi connectivity index (χ1v) is 5.45. The number of rotatable bonds is 4. The largest absolute Gasteiger partial charge is 0.387 e. The molecule has 1 aromatic carbocycles. The molecule has 17 heavy (non-hydrogen) atoms. The summed E-state index contributed by atoms with van der Waals surface area (Å²) in [7, 11) is 5.81. The van der Waals surface area contributed by atoms with Gasteiger partial charge in [-0.3, -0.25) is 0 Å². The Labute approximate surface area is 100 Å². The lowest BCUT2D eigenvalue weighted by atomic mass is 10.2. The van der Waals surface area contributed by atoms with Crippen molar-refractivity contribution in [3.05, 3.63) is 30.1 Å². The van der Waals surface area contributed by atoms with E-state index in [1.54, 1.807) is 0 Å². The van der Waals surface area contributed by atoms with Gasteiger partial charge in [0.2, 0.25) is 0 Å². The number of anilines is 1. The molecule has 0 atom stereocenters. The quantitative estimate of drug-likeness (QED) is 0.871. The third-order valence-corrected chi connectivity index (χ3v) is 2.35. The van der Waals surface area contributed by atoms with Gasteiger partial charge in [0.1, 0.15) is 0 Å². The maximum Gasteiger partial charge on any atom is 0.260 e. The minimum absolute atomic E-state index is 0.548. The summed E-state index contributed by atoms with van der Waals surface area (Å²) in [6.07, 6.45) is 0. The van der Waals surface area contributed by atoms with Crippen LogP contribution in [-0.4, -0.2) is 36.2 Å². The predicted molar refractivity (Wildman–Crippen MR) is 66.7 cm³/mol. The smallest absolute Gasteiger partial charge is 0.260 e. The van der Waals surface area contributed by atoms with Crippen molar-refractivity contribution in [2.75, 3.05) is 26.5 Å². The minimum atomic E-state index is 0.548. The molecule has 2 rings (SSSR count). The molecular weight excluding hydrogens is 216 g/mol. The highest BCUT2D eigenvalue weighted by Gasteiger charge is 2.12. The Kier molecular flexibility index (Phi) is 3.39. The Bertz CT molecular complexity index is 493. The molecule has 0 radical (unpaired) electrons. The van der Waals surface area contributed by atoms with Crippen LogP contribution in [-0.2, 0) is 6.54 Å². The molecule has 0 bridgehead atoms. The Morgan fingerprint density at radius 3 is 2.76 bits per heavy atom. The topological polar surface area (TPSA) is 54.2 Å². The van der Waals surface area contributed by atoms with Gasteiger partial charge in [0.25, 0.3) is 5.89 Å². The summed E-state index contributed by atoms with van der Waals surface area (Å²) in [6.45, 7) is 0.672. The predicted octanol–water partition coefficient (Wildman–Crippen LogP) is 1.84. The zero-order valence-electron chi connectivity index (χ0n) is 10.3. The van der Waals surface area contributed by atoms with Crippen LogP contribution in [0, 0.1) is 0 Å². The number of nitrogens with one attached hydrogen (secondary N) is 1. The van der Waals surface area contributed by atoms with Gasteiger partial charge in [-0.05, 0) is 26.2 Å². The van der Waals surface area contributed by atoms with Crippen LogP contribution in [0.5, 0.6) is 0 Å². The van der Waals surface area contributed by atoms with E-state index in [2.05, 4.69) is 15.5 Å². The molecule has 0 aliphatic heterocycles. The number of hydrogen-bond donors (Lipinski definition) is 1. The van der Waals surface area contributed by atoms with Crippen molar-refractivity contribution in [1.29, 1.82) is 0 Å². The van der Waals surface area contributed by atoms with Crippen molar-refractivity contribution in [3.8, 4) is 11.5 Å². The first-order valence-electron chi connectivity index (χ1n) is 5.45. The average molecular weight is 232 g/mol.